The van der Waals surface area contributed by atoms with Crippen LogP contribution in [0.1, 0.15) is 71.6 Å². The quantitative estimate of drug-likeness (QED) is 0.266. The van der Waals surface area contributed by atoms with Gasteiger partial charge in [-0.15, -0.1) is 0 Å². The molecule has 0 aromatic heterocycles. The molecule has 194 valence electrons. The van der Waals surface area contributed by atoms with E-state index < -0.39 is 23.7 Å². The van der Waals surface area contributed by atoms with Gasteiger partial charge < -0.3 is 30.3 Å². The number of rotatable bonds is 8. The van der Waals surface area contributed by atoms with Crippen LogP contribution in [-0.4, -0.2) is 69.6 Å². The minimum atomic E-state index is -0.845. The normalized spacial score (nSPS) is 42.0. The number of esters is 1. The van der Waals surface area contributed by atoms with Gasteiger partial charge in [-0.3, -0.25) is 4.79 Å². The van der Waals surface area contributed by atoms with Gasteiger partial charge in [0.05, 0.1) is 44.6 Å². The summed E-state index contributed by atoms with van der Waals surface area (Å²) in [7, 11) is 0. The SMILES string of the molecule is CCOC(=O)CC(O)[C@]12CCC(C(O)CO)CC1=CC[C@@H]1[C@H]2CC[C@]2(C)C(C(O)CO)CC[C@@H]12. The summed E-state index contributed by atoms with van der Waals surface area (Å²) in [6.07, 6.45) is 6.61. The molecule has 4 aliphatic rings. The predicted octanol–water partition coefficient (Wildman–Crippen LogP) is 2.18. The van der Waals surface area contributed by atoms with Crippen LogP contribution >= 0.6 is 0 Å². The smallest absolute Gasteiger partial charge is 0.308 e. The van der Waals surface area contributed by atoms with Crippen LogP contribution < -0.4 is 0 Å². The van der Waals surface area contributed by atoms with Gasteiger partial charge in [-0.25, -0.2) is 0 Å². The molecule has 3 fully saturated rings. The Labute approximate surface area is 203 Å². The molecular weight excluding hydrogens is 436 g/mol. The van der Waals surface area contributed by atoms with Gasteiger partial charge in [0.1, 0.15) is 0 Å². The Balaban J connectivity index is 1.67. The molecule has 5 unspecified atom stereocenters. The molecule has 4 rings (SSSR count). The molecule has 0 aromatic carbocycles. The molecule has 0 bridgehead atoms. The van der Waals surface area contributed by atoms with E-state index in [1.807, 2.05) is 0 Å². The van der Waals surface area contributed by atoms with Crippen molar-refractivity contribution in [2.24, 2.45) is 40.4 Å². The van der Waals surface area contributed by atoms with Gasteiger partial charge in [-0.1, -0.05) is 18.6 Å². The first-order valence-corrected chi connectivity index (χ1v) is 13.3. The van der Waals surface area contributed by atoms with Crippen LogP contribution in [-0.2, 0) is 9.53 Å². The molecule has 4 aliphatic carbocycles. The molecule has 7 nitrogen and oxygen atoms in total. The van der Waals surface area contributed by atoms with Crippen LogP contribution in [0.2, 0.25) is 0 Å². The standard InChI is InChI=1S/C27H44O7/c1-3-34-25(33)13-24(32)27-11-8-16(22(30)14-28)12-17(27)4-5-18-19-6-7-21(23(31)15-29)26(19,2)10-9-20(18)27/h4,16,18-24,28-32H,3,5-15H2,1-2H3/t16?,18-,19-,20+,21?,22?,23?,24?,26-,27+/m0/s1. The topological polar surface area (TPSA) is 127 Å². The highest BCUT2D eigenvalue weighted by Crippen LogP contribution is 2.68. The van der Waals surface area contributed by atoms with Crippen molar-refractivity contribution in [2.75, 3.05) is 19.8 Å². The Morgan fingerprint density at radius 3 is 2.47 bits per heavy atom. The Bertz CT molecular complexity index is 768. The molecule has 0 saturated heterocycles. The summed E-state index contributed by atoms with van der Waals surface area (Å²) in [4.78, 5) is 12.4. The van der Waals surface area contributed by atoms with E-state index in [2.05, 4.69) is 13.0 Å². The lowest BCUT2D eigenvalue weighted by Gasteiger charge is -2.60. The van der Waals surface area contributed by atoms with Gasteiger partial charge in [-0.2, -0.15) is 0 Å². The maximum absolute atomic E-state index is 12.4. The molecule has 34 heavy (non-hydrogen) atoms. The third-order valence-electron chi connectivity index (χ3n) is 10.5. The first kappa shape index (κ1) is 26.1. The molecule has 7 heteroatoms. The Morgan fingerprint density at radius 2 is 1.79 bits per heavy atom. The first-order valence-electron chi connectivity index (χ1n) is 13.3. The van der Waals surface area contributed by atoms with Crippen LogP contribution in [0.4, 0.5) is 0 Å². The first-order chi connectivity index (χ1) is 16.2. The lowest BCUT2D eigenvalue weighted by atomic mass is 9.44. The van der Waals surface area contributed by atoms with Crippen molar-refractivity contribution in [3.63, 3.8) is 0 Å². The highest BCUT2D eigenvalue weighted by molar-refractivity contribution is 5.70. The fourth-order valence-corrected chi connectivity index (χ4v) is 8.86. The number of fused-ring (bicyclic) bond motifs is 5. The van der Waals surface area contributed by atoms with E-state index in [-0.39, 0.29) is 55.4 Å². The van der Waals surface area contributed by atoms with Crippen molar-refractivity contribution >= 4 is 5.97 Å². The van der Waals surface area contributed by atoms with Gasteiger partial charge in [0.15, 0.2) is 0 Å². The predicted molar refractivity (Wildman–Crippen MR) is 126 cm³/mol. The molecule has 10 atom stereocenters. The van der Waals surface area contributed by atoms with Crippen molar-refractivity contribution < 1.29 is 35.1 Å². The minimum Gasteiger partial charge on any atom is -0.466 e. The largest absolute Gasteiger partial charge is 0.466 e. The molecule has 0 amide bonds. The van der Waals surface area contributed by atoms with Crippen molar-refractivity contribution in [1.29, 1.82) is 0 Å². The van der Waals surface area contributed by atoms with Gasteiger partial charge in [-0.05, 0) is 93.3 Å². The number of hydrogen-bond acceptors (Lipinski definition) is 7. The van der Waals surface area contributed by atoms with Crippen molar-refractivity contribution in [1.82, 2.24) is 0 Å². The van der Waals surface area contributed by atoms with E-state index in [9.17, 15) is 30.3 Å². The highest BCUT2D eigenvalue weighted by atomic mass is 16.5. The maximum Gasteiger partial charge on any atom is 0.308 e. The molecule has 3 saturated carbocycles. The number of ether oxygens (including phenoxy) is 1. The molecule has 0 aromatic rings. The zero-order valence-electron chi connectivity index (χ0n) is 20.7. The third-order valence-corrected chi connectivity index (χ3v) is 10.5. The second-order valence-electron chi connectivity index (χ2n) is 11.6. The molecular formula is C27H44O7. The van der Waals surface area contributed by atoms with E-state index in [4.69, 9.17) is 4.74 Å². The van der Waals surface area contributed by atoms with E-state index in [1.54, 1.807) is 6.92 Å². The van der Waals surface area contributed by atoms with E-state index in [0.717, 1.165) is 37.7 Å². The Kier molecular flexibility index (Phi) is 7.80. The van der Waals surface area contributed by atoms with E-state index in [0.29, 0.717) is 31.1 Å². The lowest BCUT2D eigenvalue weighted by Crippen LogP contribution is -2.57. The summed E-state index contributed by atoms with van der Waals surface area (Å²) in [5, 5.41) is 51.7. The number of hydrogen-bond donors (Lipinski definition) is 5. The fourth-order valence-electron chi connectivity index (χ4n) is 8.86. The van der Waals surface area contributed by atoms with Gasteiger partial charge >= 0.3 is 5.97 Å². The molecule has 0 spiro atoms. The van der Waals surface area contributed by atoms with E-state index >= 15 is 0 Å². The Hall–Kier alpha value is -0.990. The maximum atomic E-state index is 12.4. The van der Waals surface area contributed by atoms with Crippen molar-refractivity contribution in [3.05, 3.63) is 11.6 Å². The second-order valence-corrected chi connectivity index (χ2v) is 11.6. The number of allylic oxidation sites excluding steroid dienone is 1. The molecule has 0 aliphatic heterocycles. The Morgan fingerprint density at radius 1 is 1.06 bits per heavy atom. The van der Waals surface area contributed by atoms with Crippen LogP contribution in [0.15, 0.2) is 11.6 Å². The summed E-state index contributed by atoms with van der Waals surface area (Å²) in [5.41, 5.74) is 0.589. The van der Waals surface area contributed by atoms with Crippen molar-refractivity contribution in [2.45, 2.75) is 89.9 Å². The van der Waals surface area contributed by atoms with Crippen LogP contribution in [0.3, 0.4) is 0 Å². The van der Waals surface area contributed by atoms with Crippen LogP contribution in [0.25, 0.3) is 0 Å². The van der Waals surface area contributed by atoms with E-state index in [1.165, 1.54) is 0 Å². The average molecular weight is 481 g/mol. The number of carbonyl (C=O) groups is 1. The fraction of sp³-hybridized carbons (Fsp3) is 0.889. The average Bonchev–Trinajstić information content (AvgIpc) is 3.19. The summed E-state index contributed by atoms with van der Waals surface area (Å²) in [5.74, 6) is 0.658. The molecule has 0 radical (unpaired) electrons. The molecule has 0 heterocycles. The zero-order valence-corrected chi connectivity index (χ0v) is 20.7. The summed E-state index contributed by atoms with van der Waals surface area (Å²) in [6, 6.07) is 0. The van der Waals surface area contributed by atoms with Gasteiger partial charge in [0.2, 0.25) is 0 Å². The highest BCUT2D eigenvalue weighted by Gasteiger charge is 2.62. The van der Waals surface area contributed by atoms with Crippen LogP contribution in [0.5, 0.6) is 0 Å². The lowest BCUT2D eigenvalue weighted by molar-refractivity contribution is -0.153. The number of aliphatic hydroxyl groups is 5. The van der Waals surface area contributed by atoms with Gasteiger partial charge in [0, 0.05) is 5.41 Å². The van der Waals surface area contributed by atoms with Crippen LogP contribution in [0, 0.1) is 40.4 Å². The monoisotopic (exact) mass is 480 g/mol. The second kappa shape index (κ2) is 10.2. The number of carbonyl (C=O) groups excluding carboxylic acids is 1. The summed E-state index contributed by atoms with van der Waals surface area (Å²) >= 11 is 0. The summed E-state index contributed by atoms with van der Waals surface area (Å²) in [6.45, 7) is 3.86. The van der Waals surface area contributed by atoms with Gasteiger partial charge in [0.25, 0.3) is 0 Å². The zero-order chi connectivity index (χ0) is 24.7. The minimum absolute atomic E-state index is 0.0323. The van der Waals surface area contributed by atoms with Crippen molar-refractivity contribution in [3.8, 4) is 0 Å². The third kappa shape index (κ3) is 4.15. The number of aliphatic hydroxyl groups excluding tert-OH is 5. The summed E-state index contributed by atoms with van der Waals surface area (Å²) < 4.78 is 5.19. The molecule has 5 N–H and O–H groups in total.